The van der Waals surface area contributed by atoms with Crippen molar-refractivity contribution in [2.24, 2.45) is 11.5 Å². The molecule has 0 aromatic rings. The zero-order valence-corrected chi connectivity index (χ0v) is 7.58. The van der Waals surface area contributed by atoms with Crippen LogP contribution in [0.5, 0.6) is 0 Å². The summed E-state index contributed by atoms with van der Waals surface area (Å²) in [6.07, 6.45) is 2.01. The summed E-state index contributed by atoms with van der Waals surface area (Å²) in [5.41, 5.74) is 10.6. The fraction of sp³-hybridized carbons (Fsp3) is 0.875. The summed E-state index contributed by atoms with van der Waals surface area (Å²) in [7, 11) is 0. The first-order chi connectivity index (χ1) is 5.74. The molecular formula is C8H18N2O2. The van der Waals surface area contributed by atoms with Crippen molar-refractivity contribution in [3.8, 4) is 0 Å². The van der Waals surface area contributed by atoms with Crippen LogP contribution in [0.2, 0.25) is 0 Å². The monoisotopic (exact) mass is 174 g/mol. The van der Waals surface area contributed by atoms with Crippen LogP contribution in [0.3, 0.4) is 0 Å². The van der Waals surface area contributed by atoms with Gasteiger partial charge in [-0.25, -0.2) is 0 Å². The van der Waals surface area contributed by atoms with E-state index in [-0.39, 0.29) is 12.1 Å². The van der Waals surface area contributed by atoms with Crippen molar-refractivity contribution < 1.29 is 9.53 Å². The lowest BCUT2D eigenvalue weighted by Gasteiger charge is -2.13. The van der Waals surface area contributed by atoms with Gasteiger partial charge in [0.05, 0.1) is 0 Å². The van der Waals surface area contributed by atoms with Crippen molar-refractivity contribution in [1.29, 1.82) is 0 Å². The van der Waals surface area contributed by atoms with E-state index in [1.54, 1.807) is 0 Å². The van der Waals surface area contributed by atoms with Gasteiger partial charge in [0, 0.05) is 19.5 Å². The molecule has 0 saturated carbocycles. The number of ether oxygens (including phenoxy) is 1. The molecular weight excluding hydrogens is 156 g/mol. The predicted molar refractivity (Wildman–Crippen MR) is 47.5 cm³/mol. The molecule has 4 nitrogen and oxygen atoms in total. The molecule has 0 fully saturated rings. The van der Waals surface area contributed by atoms with Gasteiger partial charge in [-0.1, -0.05) is 13.3 Å². The van der Waals surface area contributed by atoms with E-state index in [0.29, 0.717) is 19.5 Å². The predicted octanol–water partition coefficient (Wildman–Crippen LogP) is 0.00580. The number of hydrogen-bond acceptors (Lipinski definition) is 4. The van der Waals surface area contributed by atoms with Crippen molar-refractivity contribution in [2.45, 2.75) is 32.3 Å². The van der Waals surface area contributed by atoms with E-state index in [1.807, 2.05) is 6.92 Å². The van der Waals surface area contributed by atoms with E-state index in [0.717, 1.165) is 12.8 Å². The van der Waals surface area contributed by atoms with Crippen LogP contribution in [0.4, 0.5) is 0 Å². The third-order valence-electron chi connectivity index (χ3n) is 1.56. The van der Waals surface area contributed by atoms with Crippen molar-refractivity contribution in [2.75, 3.05) is 13.1 Å². The van der Waals surface area contributed by atoms with Crippen LogP contribution in [0.1, 0.15) is 26.2 Å². The molecule has 0 aromatic heterocycles. The third kappa shape index (κ3) is 5.09. The second-order valence-corrected chi connectivity index (χ2v) is 2.69. The molecule has 0 aliphatic carbocycles. The summed E-state index contributed by atoms with van der Waals surface area (Å²) in [6, 6.07) is 0. The Balaban J connectivity index is 3.52. The van der Waals surface area contributed by atoms with Gasteiger partial charge in [-0.05, 0) is 6.42 Å². The maximum atomic E-state index is 11.0. The maximum absolute atomic E-state index is 11.0. The topological polar surface area (TPSA) is 78.3 Å². The number of rotatable bonds is 6. The highest BCUT2D eigenvalue weighted by molar-refractivity contribution is 5.69. The van der Waals surface area contributed by atoms with Crippen LogP contribution in [0.15, 0.2) is 0 Å². The Morgan fingerprint density at radius 2 is 2.00 bits per heavy atom. The summed E-state index contributed by atoms with van der Waals surface area (Å²) < 4.78 is 4.96. The van der Waals surface area contributed by atoms with E-state index < -0.39 is 0 Å². The zero-order valence-electron chi connectivity index (χ0n) is 7.58. The molecule has 0 bridgehead atoms. The molecule has 0 aromatic carbocycles. The van der Waals surface area contributed by atoms with E-state index >= 15 is 0 Å². The molecule has 0 aliphatic heterocycles. The normalized spacial score (nSPS) is 10.3. The van der Waals surface area contributed by atoms with E-state index in [4.69, 9.17) is 16.2 Å². The fourth-order valence-corrected chi connectivity index (χ4v) is 0.758. The largest absolute Gasteiger partial charge is 0.460 e. The summed E-state index contributed by atoms with van der Waals surface area (Å²) in [6.45, 7) is 2.62. The summed E-state index contributed by atoms with van der Waals surface area (Å²) >= 11 is 0. The van der Waals surface area contributed by atoms with Gasteiger partial charge in [-0.2, -0.15) is 0 Å². The van der Waals surface area contributed by atoms with Crippen LogP contribution in [0.25, 0.3) is 0 Å². The van der Waals surface area contributed by atoms with Crippen molar-refractivity contribution >= 4 is 5.97 Å². The van der Waals surface area contributed by atoms with Gasteiger partial charge in [0.15, 0.2) is 0 Å². The molecule has 12 heavy (non-hydrogen) atoms. The highest BCUT2D eigenvalue weighted by Gasteiger charge is 2.09. The second kappa shape index (κ2) is 7.06. The lowest BCUT2D eigenvalue weighted by atomic mass is 10.2. The van der Waals surface area contributed by atoms with Crippen molar-refractivity contribution in [3.05, 3.63) is 0 Å². The smallest absolute Gasteiger partial charge is 0.306 e. The average molecular weight is 174 g/mol. The number of esters is 1. The van der Waals surface area contributed by atoms with Crippen LogP contribution in [-0.4, -0.2) is 25.2 Å². The quantitative estimate of drug-likeness (QED) is 0.556. The number of carbonyl (C=O) groups is 1. The minimum atomic E-state index is -0.311. The molecule has 72 valence electrons. The molecule has 0 rings (SSSR count). The lowest BCUT2D eigenvalue weighted by Crippen LogP contribution is -2.33. The van der Waals surface area contributed by atoms with Gasteiger partial charge in [0.1, 0.15) is 6.10 Å². The molecule has 0 saturated heterocycles. The fourth-order valence-electron chi connectivity index (χ4n) is 0.758. The lowest BCUT2D eigenvalue weighted by molar-refractivity contribution is -0.148. The van der Waals surface area contributed by atoms with Crippen LogP contribution in [0, 0.1) is 0 Å². The number of nitrogens with two attached hydrogens (primary N) is 2. The first kappa shape index (κ1) is 11.4. The van der Waals surface area contributed by atoms with E-state index in [1.165, 1.54) is 0 Å². The summed E-state index contributed by atoms with van der Waals surface area (Å²) in [5.74, 6) is -0.197. The van der Waals surface area contributed by atoms with Crippen LogP contribution >= 0.6 is 0 Å². The van der Waals surface area contributed by atoms with Crippen LogP contribution in [-0.2, 0) is 9.53 Å². The Morgan fingerprint density at radius 1 is 1.42 bits per heavy atom. The Bertz CT molecular complexity index is 124. The molecule has 0 unspecified atom stereocenters. The van der Waals surface area contributed by atoms with E-state index in [9.17, 15) is 4.79 Å². The standard InChI is InChI=1S/C8H18N2O2/c1-2-3-4-8(11)12-7(5-9)6-10/h7H,2-6,9-10H2,1H3. The molecule has 0 amide bonds. The molecule has 0 atom stereocenters. The van der Waals surface area contributed by atoms with Crippen molar-refractivity contribution in [3.63, 3.8) is 0 Å². The Morgan fingerprint density at radius 3 is 2.42 bits per heavy atom. The number of unbranched alkanes of at least 4 members (excludes halogenated alkanes) is 1. The molecule has 0 spiro atoms. The number of carbonyl (C=O) groups excluding carboxylic acids is 1. The Kier molecular flexibility index (Phi) is 6.70. The Labute approximate surface area is 73.2 Å². The van der Waals surface area contributed by atoms with E-state index in [2.05, 4.69) is 0 Å². The van der Waals surface area contributed by atoms with Gasteiger partial charge in [-0.3, -0.25) is 4.79 Å². The van der Waals surface area contributed by atoms with Gasteiger partial charge in [0.2, 0.25) is 0 Å². The number of hydrogen-bond donors (Lipinski definition) is 2. The SMILES string of the molecule is CCCCC(=O)OC(CN)CN. The molecule has 4 N–H and O–H groups in total. The minimum Gasteiger partial charge on any atom is -0.460 e. The Hall–Kier alpha value is -0.610. The summed E-state index contributed by atoms with van der Waals surface area (Å²) in [5, 5.41) is 0. The minimum absolute atomic E-state index is 0.197. The molecule has 0 aliphatic rings. The highest BCUT2D eigenvalue weighted by atomic mass is 16.5. The molecule has 0 heterocycles. The first-order valence-corrected chi connectivity index (χ1v) is 4.34. The van der Waals surface area contributed by atoms with Crippen LogP contribution < -0.4 is 11.5 Å². The van der Waals surface area contributed by atoms with Crippen molar-refractivity contribution in [1.82, 2.24) is 0 Å². The summed E-state index contributed by atoms with van der Waals surface area (Å²) in [4.78, 5) is 11.0. The first-order valence-electron chi connectivity index (χ1n) is 4.34. The van der Waals surface area contributed by atoms with Gasteiger partial charge in [-0.15, -0.1) is 0 Å². The third-order valence-corrected chi connectivity index (χ3v) is 1.56. The van der Waals surface area contributed by atoms with Gasteiger partial charge >= 0.3 is 5.97 Å². The van der Waals surface area contributed by atoms with Gasteiger partial charge < -0.3 is 16.2 Å². The maximum Gasteiger partial charge on any atom is 0.306 e. The second-order valence-electron chi connectivity index (χ2n) is 2.69. The zero-order chi connectivity index (χ0) is 9.40. The molecule has 0 radical (unpaired) electrons. The van der Waals surface area contributed by atoms with Gasteiger partial charge in [0.25, 0.3) is 0 Å². The average Bonchev–Trinajstić information content (AvgIpc) is 2.10. The molecule has 4 heteroatoms. The highest BCUT2D eigenvalue weighted by Crippen LogP contribution is 1.98.